The van der Waals surface area contributed by atoms with Gasteiger partial charge in [-0.3, -0.25) is 4.79 Å². The van der Waals surface area contributed by atoms with Crippen molar-refractivity contribution < 1.29 is 33.2 Å². The van der Waals surface area contributed by atoms with Gasteiger partial charge in [-0.05, 0) is 6.92 Å². The Balaban J connectivity index is 3.15. The number of carbonyl (C=O) groups excluding carboxylic acids is 1. The molecule has 0 bridgehead atoms. The van der Waals surface area contributed by atoms with Gasteiger partial charge in [0, 0.05) is 25.7 Å². The Morgan fingerprint density at radius 1 is 0.679 bits per heavy atom. The second-order valence-electron chi connectivity index (χ2n) is 6.16. The van der Waals surface area contributed by atoms with Crippen LogP contribution in [0.1, 0.15) is 20.8 Å². The minimum absolute atomic E-state index is 0.0141. The van der Waals surface area contributed by atoms with E-state index in [9.17, 15) is 4.79 Å². The van der Waals surface area contributed by atoms with Crippen LogP contribution in [-0.2, 0) is 33.2 Å². The van der Waals surface area contributed by atoms with E-state index in [-0.39, 0.29) is 12.5 Å². The van der Waals surface area contributed by atoms with Crippen molar-refractivity contribution in [3.8, 4) is 0 Å². The molecule has 0 aromatic carbocycles. The average Bonchev–Trinajstić information content (AvgIpc) is 2.67. The summed E-state index contributed by atoms with van der Waals surface area (Å²) < 4.78 is 31.8. The standard InChI is InChI=1S/C19H40N2O7/c1-4-23-9-10-26-13-14-27-15-16-28-17-19(22)21-6-8-25-12-11-24-7-5-20-18(2)3/h18,20H,4-17H2,1-3H3,(H,21,22). The maximum Gasteiger partial charge on any atom is 0.246 e. The maximum absolute atomic E-state index is 11.6. The normalized spacial score (nSPS) is 11.3. The highest BCUT2D eigenvalue weighted by molar-refractivity contribution is 5.77. The van der Waals surface area contributed by atoms with Gasteiger partial charge in [-0.2, -0.15) is 0 Å². The fourth-order valence-electron chi connectivity index (χ4n) is 1.92. The zero-order valence-electron chi connectivity index (χ0n) is 17.8. The first-order valence-electron chi connectivity index (χ1n) is 10.1. The van der Waals surface area contributed by atoms with Gasteiger partial charge in [-0.25, -0.2) is 0 Å². The van der Waals surface area contributed by atoms with Crippen LogP contribution in [0.2, 0.25) is 0 Å². The van der Waals surface area contributed by atoms with E-state index in [4.69, 9.17) is 28.4 Å². The molecule has 9 nitrogen and oxygen atoms in total. The van der Waals surface area contributed by atoms with Crippen LogP contribution in [0, 0.1) is 0 Å². The second kappa shape index (κ2) is 22.5. The van der Waals surface area contributed by atoms with E-state index in [1.807, 2.05) is 6.92 Å². The summed E-state index contributed by atoms with van der Waals surface area (Å²) in [6.45, 7) is 13.3. The van der Waals surface area contributed by atoms with Gasteiger partial charge >= 0.3 is 0 Å². The van der Waals surface area contributed by atoms with Gasteiger partial charge in [0.15, 0.2) is 0 Å². The summed E-state index contributed by atoms with van der Waals surface area (Å²) in [5.41, 5.74) is 0. The van der Waals surface area contributed by atoms with Crippen LogP contribution in [-0.4, -0.2) is 104 Å². The lowest BCUT2D eigenvalue weighted by atomic mass is 10.4. The molecule has 0 fully saturated rings. The molecule has 0 aromatic heterocycles. The van der Waals surface area contributed by atoms with Crippen LogP contribution >= 0.6 is 0 Å². The van der Waals surface area contributed by atoms with Crippen molar-refractivity contribution in [1.29, 1.82) is 0 Å². The summed E-state index contributed by atoms with van der Waals surface area (Å²) in [7, 11) is 0. The molecule has 9 heteroatoms. The number of nitrogens with one attached hydrogen (secondary N) is 2. The van der Waals surface area contributed by atoms with Crippen LogP contribution in [0.5, 0.6) is 0 Å². The molecular weight excluding hydrogens is 368 g/mol. The largest absolute Gasteiger partial charge is 0.379 e. The summed E-state index contributed by atoms with van der Waals surface area (Å²) in [5.74, 6) is -0.168. The molecule has 0 unspecified atom stereocenters. The molecular formula is C19H40N2O7. The fourth-order valence-corrected chi connectivity index (χ4v) is 1.92. The number of rotatable bonds is 22. The quantitative estimate of drug-likeness (QED) is 0.246. The molecule has 28 heavy (non-hydrogen) atoms. The van der Waals surface area contributed by atoms with E-state index in [1.54, 1.807) is 0 Å². The molecule has 0 saturated carbocycles. The first-order valence-corrected chi connectivity index (χ1v) is 10.1. The smallest absolute Gasteiger partial charge is 0.246 e. The van der Waals surface area contributed by atoms with Crippen LogP contribution < -0.4 is 10.6 Å². The Labute approximate surface area is 169 Å². The summed E-state index contributed by atoms with van der Waals surface area (Å²) in [4.78, 5) is 11.6. The first-order chi connectivity index (χ1) is 13.7. The third kappa shape index (κ3) is 23.2. The Morgan fingerprint density at radius 3 is 1.68 bits per heavy atom. The van der Waals surface area contributed by atoms with Crippen molar-refractivity contribution in [1.82, 2.24) is 10.6 Å². The van der Waals surface area contributed by atoms with Gasteiger partial charge in [0.05, 0.1) is 66.1 Å². The number of hydrogen-bond donors (Lipinski definition) is 2. The molecule has 0 aliphatic carbocycles. The van der Waals surface area contributed by atoms with E-state index in [1.165, 1.54) is 0 Å². The maximum atomic E-state index is 11.6. The molecule has 0 radical (unpaired) electrons. The van der Waals surface area contributed by atoms with Gasteiger partial charge < -0.3 is 39.1 Å². The Morgan fingerprint density at radius 2 is 1.14 bits per heavy atom. The molecule has 0 atom stereocenters. The van der Waals surface area contributed by atoms with E-state index in [0.717, 1.165) is 6.54 Å². The molecule has 0 spiro atoms. The lowest BCUT2D eigenvalue weighted by Crippen LogP contribution is -2.31. The molecule has 168 valence electrons. The number of hydrogen-bond acceptors (Lipinski definition) is 8. The second-order valence-corrected chi connectivity index (χ2v) is 6.16. The zero-order chi connectivity index (χ0) is 20.7. The lowest BCUT2D eigenvalue weighted by Gasteiger charge is -2.09. The third-order valence-corrected chi connectivity index (χ3v) is 3.29. The van der Waals surface area contributed by atoms with Crippen LogP contribution in [0.15, 0.2) is 0 Å². The zero-order valence-corrected chi connectivity index (χ0v) is 17.8. The molecule has 0 saturated heterocycles. The molecule has 0 rings (SSSR count). The molecule has 0 aliphatic heterocycles. The molecule has 2 N–H and O–H groups in total. The predicted octanol–water partition coefficient (Wildman–Crippen LogP) is 0.220. The van der Waals surface area contributed by atoms with Crippen molar-refractivity contribution in [3.05, 3.63) is 0 Å². The lowest BCUT2D eigenvalue weighted by molar-refractivity contribution is -0.126. The summed E-state index contributed by atoms with van der Waals surface area (Å²) in [6.07, 6.45) is 0. The van der Waals surface area contributed by atoms with E-state index < -0.39 is 0 Å². The van der Waals surface area contributed by atoms with E-state index >= 15 is 0 Å². The fraction of sp³-hybridized carbons (Fsp3) is 0.947. The van der Waals surface area contributed by atoms with Crippen LogP contribution in [0.4, 0.5) is 0 Å². The highest BCUT2D eigenvalue weighted by Gasteiger charge is 2.01. The highest BCUT2D eigenvalue weighted by atomic mass is 16.6. The van der Waals surface area contributed by atoms with Gasteiger partial charge in [0.2, 0.25) is 5.91 Å². The van der Waals surface area contributed by atoms with Crippen molar-refractivity contribution >= 4 is 5.91 Å². The Kier molecular flexibility index (Phi) is 21.8. The minimum Gasteiger partial charge on any atom is -0.379 e. The van der Waals surface area contributed by atoms with Crippen LogP contribution in [0.3, 0.4) is 0 Å². The van der Waals surface area contributed by atoms with E-state index in [2.05, 4.69) is 24.5 Å². The molecule has 0 aromatic rings. The van der Waals surface area contributed by atoms with Crippen molar-refractivity contribution in [2.75, 3.05) is 92.4 Å². The Hall–Kier alpha value is -0.810. The van der Waals surface area contributed by atoms with Crippen molar-refractivity contribution in [2.45, 2.75) is 26.8 Å². The van der Waals surface area contributed by atoms with Crippen molar-refractivity contribution in [2.24, 2.45) is 0 Å². The number of amides is 1. The number of carbonyl (C=O) groups is 1. The Bertz CT molecular complexity index is 333. The number of ether oxygens (including phenoxy) is 6. The third-order valence-electron chi connectivity index (χ3n) is 3.29. The van der Waals surface area contributed by atoms with Gasteiger partial charge in [0.25, 0.3) is 0 Å². The molecule has 0 aliphatic rings. The molecule has 1 amide bonds. The van der Waals surface area contributed by atoms with Gasteiger partial charge in [0.1, 0.15) is 6.61 Å². The van der Waals surface area contributed by atoms with E-state index in [0.29, 0.717) is 85.3 Å². The predicted molar refractivity (Wildman–Crippen MR) is 107 cm³/mol. The SMILES string of the molecule is CCOCCOCCOCCOCC(=O)NCCOCCOCCNC(C)C. The highest BCUT2D eigenvalue weighted by Crippen LogP contribution is 1.84. The minimum atomic E-state index is -0.168. The van der Waals surface area contributed by atoms with Crippen molar-refractivity contribution in [3.63, 3.8) is 0 Å². The first kappa shape index (κ1) is 27.2. The monoisotopic (exact) mass is 408 g/mol. The van der Waals surface area contributed by atoms with Crippen LogP contribution in [0.25, 0.3) is 0 Å². The molecule has 0 heterocycles. The summed E-state index contributed by atoms with van der Waals surface area (Å²) >= 11 is 0. The van der Waals surface area contributed by atoms with Gasteiger partial charge in [-0.1, -0.05) is 13.8 Å². The van der Waals surface area contributed by atoms with Gasteiger partial charge in [-0.15, -0.1) is 0 Å². The summed E-state index contributed by atoms with van der Waals surface area (Å²) in [5, 5.41) is 6.00. The summed E-state index contributed by atoms with van der Waals surface area (Å²) in [6, 6.07) is 0.468. The average molecular weight is 409 g/mol. The topological polar surface area (TPSA) is 96.5 Å².